The molecule has 4 heterocycles. The number of nitrogens with one attached hydrogen (secondary N) is 2. The molecular formula is C29H30ClN5O3. The summed E-state index contributed by atoms with van der Waals surface area (Å²) in [6.07, 6.45) is 3.06. The van der Waals surface area contributed by atoms with Crippen molar-refractivity contribution in [3.05, 3.63) is 87.3 Å². The van der Waals surface area contributed by atoms with Gasteiger partial charge in [0.05, 0.1) is 11.4 Å². The third-order valence-electron chi connectivity index (χ3n) is 7.81. The van der Waals surface area contributed by atoms with Crippen molar-refractivity contribution in [3.8, 4) is 0 Å². The number of amides is 3. The number of benzene rings is 2. The van der Waals surface area contributed by atoms with Crippen LogP contribution >= 0.6 is 11.6 Å². The van der Waals surface area contributed by atoms with Gasteiger partial charge in [0, 0.05) is 66.7 Å². The van der Waals surface area contributed by atoms with Gasteiger partial charge in [-0.2, -0.15) is 0 Å². The Morgan fingerprint density at radius 1 is 0.895 bits per heavy atom. The fraction of sp³-hybridized carbons (Fsp3) is 0.345. The first-order valence-corrected chi connectivity index (χ1v) is 13.5. The number of fused-ring (bicyclic) bond motifs is 4. The predicted octanol–water partition coefficient (Wildman–Crippen LogP) is 5.01. The van der Waals surface area contributed by atoms with Gasteiger partial charge in [-0.25, -0.2) is 4.79 Å². The first kappa shape index (κ1) is 24.6. The standard InChI is InChI=1S/C29H30ClN5O3/c30-22-7-9-23(10-8-22)31-29(38)32-24-15-20(28(37)33-12-1-2-13-33)6-11-26(24)34-16-19-14-21(18-34)25-4-3-5-27(36)35(25)17-19/h3-11,15,19,21H,1-2,12-14,16-18H2,(H2,31,32,38). The minimum absolute atomic E-state index is 0.0148. The SMILES string of the molecule is O=C(Nc1ccc(Cl)cc1)Nc1cc(C(=O)N2CCCC2)ccc1N1CC2CC(C1)c1cccc(=O)n1C2. The van der Waals surface area contributed by atoms with Crippen LogP contribution in [0.25, 0.3) is 0 Å². The van der Waals surface area contributed by atoms with Crippen LogP contribution in [0.2, 0.25) is 5.02 Å². The van der Waals surface area contributed by atoms with E-state index in [1.165, 1.54) is 0 Å². The summed E-state index contributed by atoms with van der Waals surface area (Å²) in [5.41, 5.74) is 3.76. The van der Waals surface area contributed by atoms with E-state index in [1.54, 1.807) is 36.4 Å². The van der Waals surface area contributed by atoms with Gasteiger partial charge >= 0.3 is 6.03 Å². The van der Waals surface area contributed by atoms with Crippen molar-refractivity contribution in [1.29, 1.82) is 0 Å². The van der Waals surface area contributed by atoms with Crippen molar-refractivity contribution >= 4 is 40.6 Å². The van der Waals surface area contributed by atoms with Crippen molar-refractivity contribution in [2.45, 2.75) is 31.7 Å². The number of anilines is 3. The van der Waals surface area contributed by atoms with E-state index >= 15 is 0 Å². The molecule has 2 unspecified atom stereocenters. The molecule has 0 radical (unpaired) electrons. The van der Waals surface area contributed by atoms with Crippen LogP contribution in [0.3, 0.4) is 0 Å². The van der Waals surface area contributed by atoms with Crippen molar-refractivity contribution < 1.29 is 9.59 Å². The normalized spacial score (nSPS) is 20.1. The Bertz CT molecular complexity index is 1430. The molecule has 8 nitrogen and oxygen atoms in total. The van der Waals surface area contributed by atoms with Crippen LogP contribution in [0.15, 0.2) is 65.5 Å². The molecule has 2 N–H and O–H groups in total. The highest BCUT2D eigenvalue weighted by Gasteiger charge is 2.35. The Kier molecular flexibility index (Phi) is 6.57. The highest BCUT2D eigenvalue weighted by atomic mass is 35.5. The fourth-order valence-electron chi connectivity index (χ4n) is 6.06. The molecule has 3 amide bonds. The quantitative estimate of drug-likeness (QED) is 0.496. The van der Waals surface area contributed by atoms with Gasteiger partial charge in [0.1, 0.15) is 0 Å². The van der Waals surface area contributed by atoms with Gasteiger partial charge in [-0.1, -0.05) is 17.7 Å². The number of aromatic nitrogens is 1. The summed E-state index contributed by atoms with van der Waals surface area (Å²) >= 11 is 5.98. The van der Waals surface area contributed by atoms with Gasteiger partial charge in [0.2, 0.25) is 0 Å². The second-order valence-electron chi connectivity index (χ2n) is 10.4. The second kappa shape index (κ2) is 10.2. The Balaban J connectivity index is 1.30. The zero-order valence-electron chi connectivity index (χ0n) is 21.0. The smallest absolute Gasteiger partial charge is 0.323 e. The Morgan fingerprint density at radius 2 is 1.68 bits per heavy atom. The molecule has 2 aromatic carbocycles. The van der Waals surface area contributed by atoms with E-state index < -0.39 is 6.03 Å². The van der Waals surface area contributed by atoms with Gasteiger partial charge in [-0.3, -0.25) is 9.59 Å². The average molecular weight is 532 g/mol. The zero-order valence-corrected chi connectivity index (χ0v) is 21.8. The van der Waals surface area contributed by atoms with Crippen LogP contribution in [-0.4, -0.2) is 47.6 Å². The van der Waals surface area contributed by atoms with Crippen LogP contribution < -0.4 is 21.1 Å². The van der Waals surface area contributed by atoms with Crippen LogP contribution in [0.4, 0.5) is 21.9 Å². The third kappa shape index (κ3) is 4.88. The van der Waals surface area contributed by atoms with Gasteiger partial charge in [0.25, 0.3) is 11.5 Å². The minimum Gasteiger partial charge on any atom is -0.369 e. The van der Waals surface area contributed by atoms with E-state index in [1.807, 2.05) is 33.7 Å². The van der Waals surface area contributed by atoms with Gasteiger partial charge in [0.15, 0.2) is 0 Å². The Morgan fingerprint density at radius 3 is 2.47 bits per heavy atom. The molecule has 3 aliphatic heterocycles. The second-order valence-corrected chi connectivity index (χ2v) is 10.9. The number of rotatable bonds is 4. The summed E-state index contributed by atoms with van der Waals surface area (Å²) in [4.78, 5) is 42.8. The highest BCUT2D eigenvalue weighted by molar-refractivity contribution is 6.30. The molecule has 1 aromatic heterocycles. The summed E-state index contributed by atoms with van der Waals surface area (Å²) in [6.45, 7) is 3.70. The molecule has 3 aromatic rings. The number of hydrogen-bond acceptors (Lipinski definition) is 4. The lowest BCUT2D eigenvalue weighted by molar-refractivity contribution is 0.0793. The number of nitrogens with zero attached hydrogens (tertiary/aromatic N) is 3. The predicted molar refractivity (Wildman–Crippen MR) is 149 cm³/mol. The molecule has 0 saturated carbocycles. The maximum Gasteiger partial charge on any atom is 0.323 e. The van der Waals surface area contributed by atoms with E-state index in [9.17, 15) is 14.4 Å². The van der Waals surface area contributed by atoms with Crippen molar-refractivity contribution in [2.75, 3.05) is 41.7 Å². The maximum atomic E-state index is 13.2. The maximum absolute atomic E-state index is 13.2. The van der Waals surface area contributed by atoms with Crippen LogP contribution in [0.1, 0.15) is 41.2 Å². The summed E-state index contributed by atoms with van der Waals surface area (Å²) in [7, 11) is 0. The summed E-state index contributed by atoms with van der Waals surface area (Å²) in [5.74, 6) is 0.528. The van der Waals surface area contributed by atoms with E-state index in [-0.39, 0.29) is 17.4 Å². The van der Waals surface area contributed by atoms with Crippen LogP contribution in [-0.2, 0) is 6.54 Å². The Labute approximate surface area is 226 Å². The molecule has 2 fully saturated rings. The summed E-state index contributed by atoms with van der Waals surface area (Å²) in [5, 5.41) is 6.44. The van der Waals surface area contributed by atoms with Gasteiger partial charge < -0.3 is 25.0 Å². The van der Waals surface area contributed by atoms with E-state index in [2.05, 4.69) is 15.5 Å². The number of piperidine rings is 1. The molecular weight excluding hydrogens is 502 g/mol. The highest BCUT2D eigenvalue weighted by Crippen LogP contribution is 2.39. The lowest BCUT2D eigenvalue weighted by atomic mass is 9.83. The Hall–Kier alpha value is -3.78. The molecule has 2 atom stereocenters. The molecule has 196 valence electrons. The van der Waals surface area contributed by atoms with Crippen molar-refractivity contribution in [2.24, 2.45) is 5.92 Å². The van der Waals surface area contributed by atoms with Crippen molar-refractivity contribution in [1.82, 2.24) is 9.47 Å². The van der Waals surface area contributed by atoms with Gasteiger partial charge in [-0.05, 0) is 73.7 Å². The van der Waals surface area contributed by atoms with Crippen LogP contribution in [0, 0.1) is 5.92 Å². The molecule has 6 rings (SSSR count). The number of pyridine rings is 1. The van der Waals surface area contributed by atoms with Gasteiger partial charge in [-0.15, -0.1) is 0 Å². The fourth-order valence-corrected chi connectivity index (χ4v) is 6.18. The van der Waals surface area contributed by atoms with Crippen molar-refractivity contribution in [3.63, 3.8) is 0 Å². The number of carbonyl (C=O) groups is 2. The lowest BCUT2D eigenvalue weighted by Gasteiger charge is -2.44. The zero-order chi connectivity index (χ0) is 26.2. The number of carbonyl (C=O) groups excluding carboxylic acids is 2. The molecule has 2 saturated heterocycles. The summed E-state index contributed by atoms with van der Waals surface area (Å²) < 4.78 is 1.91. The molecule has 38 heavy (non-hydrogen) atoms. The molecule has 2 bridgehead atoms. The molecule has 0 aliphatic carbocycles. The number of urea groups is 1. The third-order valence-corrected chi connectivity index (χ3v) is 8.06. The minimum atomic E-state index is -0.395. The topological polar surface area (TPSA) is 86.7 Å². The first-order chi connectivity index (χ1) is 18.4. The number of likely N-dealkylation sites (tertiary alicyclic amines) is 1. The van der Waals surface area contributed by atoms with E-state index in [0.29, 0.717) is 34.4 Å². The lowest BCUT2D eigenvalue weighted by Crippen LogP contribution is -2.47. The summed E-state index contributed by atoms with van der Waals surface area (Å²) in [6, 6.07) is 17.6. The average Bonchev–Trinajstić information content (AvgIpc) is 3.45. The van der Waals surface area contributed by atoms with E-state index in [4.69, 9.17) is 11.6 Å². The van der Waals surface area contributed by atoms with E-state index in [0.717, 1.165) is 56.8 Å². The number of halogens is 1. The monoisotopic (exact) mass is 531 g/mol. The molecule has 3 aliphatic rings. The largest absolute Gasteiger partial charge is 0.369 e. The molecule has 9 heteroatoms. The van der Waals surface area contributed by atoms with Crippen LogP contribution in [0.5, 0.6) is 0 Å². The number of hydrogen-bond donors (Lipinski definition) is 2. The molecule has 0 spiro atoms. The first-order valence-electron chi connectivity index (χ1n) is 13.2.